The maximum atomic E-state index is 7.50. The molecule has 0 fully saturated rings. The third-order valence-corrected chi connectivity index (χ3v) is 5.37. The second-order valence-electron chi connectivity index (χ2n) is 7.19. The van der Waals surface area contributed by atoms with Gasteiger partial charge in [0, 0.05) is 16.8 Å². The average Bonchev–Trinajstić information content (AvgIpc) is 3.34. The molecule has 5 aromatic rings. The standard InChI is InChI=1S/C29H21.2CO.Co/c1-5-13-22(14-6-1)26-21-27(23-15-7-2-8-16-23)29(25-19-11-4-12-20-25)28(26)24-17-9-3-10-18-24;2*1-2;/h1-21H;;;/q-1;;;. The molecule has 167 valence electrons. The molecule has 0 heterocycles. The van der Waals surface area contributed by atoms with Crippen LogP contribution in [0.15, 0.2) is 127 Å². The molecule has 0 atom stereocenters. The molecule has 0 aliphatic rings. The number of benzene rings is 4. The van der Waals surface area contributed by atoms with Gasteiger partial charge in [0.05, 0.1) is 0 Å². The largest absolute Gasteiger partial charge is 0.115 e. The van der Waals surface area contributed by atoms with Crippen molar-refractivity contribution in [1.29, 1.82) is 0 Å². The van der Waals surface area contributed by atoms with Crippen LogP contribution in [0.5, 0.6) is 0 Å². The van der Waals surface area contributed by atoms with Gasteiger partial charge in [-0.1, -0.05) is 160 Å². The molecule has 0 N–H and O–H groups in total. The van der Waals surface area contributed by atoms with E-state index in [2.05, 4.69) is 141 Å². The second-order valence-corrected chi connectivity index (χ2v) is 7.19. The summed E-state index contributed by atoms with van der Waals surface area (Å²) in [5, 5.41) is 0. The van der Waals surface area contributed by atoms with Gasteiger partial charge >= 0.3 is 22.6 Å². The summed E-state index contributed by atoms with van der Waals surface area (Å²) in [5.74, 6) is 0. The Morgan fingerprint density at radius 1 is 0.471 bits per heavy atom. The van der Waals surface area contributed by atoms with Crippen LogP contribution in [0.4, 0.5) is 0 Å². The summed E-state index contributed by atoms with van der Waals surface area (Å²) in [6, 6.07) is 45.2. The molecule has 0 amide bonds. The third-order valence-electron chi connectivity index (χ3n) is 5.37. The van der Waals surface area contributed by atoms with Crippen molar-refractivity contribution in [2.24, 2.45) is 0 Å². The molecule has 2 nitrogen and oxygen atoms in total. The Labute approximate surface area is 210 Å². The minimum atomic E-state index is 0. The predicted octanol–water partition coefficient (Wildman–Crippen LogP) is 8.00. The van der Waals surface area contributed by atoms with Gasteiger partial charge < -0.3 is 0 Å². The van der Waals surface area contributed by atoms with Gasteiger partial charge in [-0.2, -0.15) is 0 Å². The number of rotatable bonds is 4. The Kier molecular flexibility index (Phi) is 10.7. The summed E-state index contributed by atoms with van der Waals surface area (Å²) in [7, 11) is 0. The van der Waals surface area contributed by atoms with Crippen LogP contribution in [0.25, 0.3) is 44.5 Å². The fraction of sp³-hybridized carbons (Fsp3) is 0. The van der Waals surface area contributed by atoms with Gasteiger partial charge in [0.2, 0.25) is 0 Å². The molecule has 1 radical (unpaired) electrons. The van der Waals surface area contributed by atoms with Crippen LogP contribution < -0.4 is 0 Å². The quantitative estimate of drug-likeness (QED) is 0.183. The molecular weight excluding hydrogens is 463 g/mol. The Bertz CT molecular complexity index is 1200. The van der Waals surface area contributed by atoms with Crippen molar-refractivity contribution in [3.05, 3.63) is 141 Å². The summed E-state index contributed by atoms with van der Waals surface area (Å²) in [4.78, 5) is 0. The Hall–Kier alpha value is -3.78. The molecule has 0 aliphatic carbocycles. The SMILES string of the molecule is [C-]#[O+].[C-]#[O+].[Co].c1ccc(-c2cc(-c3ccccc3)[c-](-c3ccccc3)c2-c2ccccc2)cc1. The van der Waals surface area contributed by atoms with Gasteiger partial charge in [-0.15, -0.1) is 6.07 Å². The summed E-state index contributed by atoms with van der Waals surface area (Å²) in [5.41, 5.74) is 10.1. The first kappa shape index (κ1) is 26.5. The Morgan fingerprint density at radius 2 is 0.853 bits per heavy atom. The van der Waals surface area contributed by atoms with Gasteiger partial charge in [-0.3, -0.25) is 0 Å². The molecule has 0 aliphatic heterocycles. The molecule has 0 saturated heterocycles. The van der Waals surface area contributed by atoms with E-state index in [-0.39, 0.29) is 16.8 Å². The zero-order valence-electron chi connectivity index (χ0n) is 18.3. The molecule has 0 spiro atoms. The molecule has 0 unspecified atom stereocenters. The summed E-state index contributed by atoms with van der Waals surface area (Å²) >= 11 is 0. The van der Waals surface area contributed by atoms with Crippen molar-refractivity contribution < 1.29 is 26.1 Å². The van der Waals surface area contributed by atoms with Crippen LogP contribution in [-0.4, -0.2) is 0 Å². The molecule has 3 heteroatoms. The monoisotopic (exact) mass is 484 g/mol. The minimum absolute atomic E-state index is 0. The maximum Gasteiger partial charge on any atom is 0 e. The average molecular weight is 484 g/mol. The first-order valence-electron chi connectivity index (χ1n) is 10.4. The molecule has 5 aromatic carbocycles. The molecule has 34 heavy (non-hydrogen) atoms. The van der Waals surface area contributed by atoms with E-state index in [1.54, 1.807) is 0 Å². The molecule has 5 rings (SSSR count). The molecule has 0 saturated carbocycles. The van der Waals surface area contributed by atoms with Crippen molar-refractivity contribution >= 4 is 0 Å². The summed E-state index contributed by atoms with van der Waals surface area (Å²) < 4.78 is 15.0. The maximum absolute atomic E-state index is 7.50. The second kappa shape index (κ2) is 13.7. The van der Waals surface area contributed by atoms with Gasteiger partial charge in [0.15, 0.2) is 0 Å². The molecular formula is C31H21CoO2-. The van der Waals surface area contributed by atoms with Crippen LogP contribution >= 0.6 is 0 Å². The zero-order valence-corrected chi connectivity index (χ0v) is 19.3. The summed E-state index contributed by atoms with van der Waals surface area (Å²) in [6.45, 7) is 9.00. The van der Waals surface area contributed by atoms with Crippen molar-refractivity contribution in [3.8, 4) is 44.5 Å². The topological polar surface area (TPSA) is 39.8 Å². The minimum Gasteiger partial charge on any atom is -0.115 e. The van der Waals surface area contributed by atoms with Gasteiger partial charge in [-0.25, -0.2) is 0 Å². The van der Waals surface area contributed by atoms with E-state index in [9.17, 15) is 0 Å². The smallest absolute Gasteiger partial charge is 0 e. The van der Waals surface area contributed by atoms with Crippen LogP contribution in [0.3, 0.4) is 0 Å². The van der Waals surface area contributed by atoms with Crippen LogP contribution in [0.1, 0.15) is 0 Å². The number of hydrogen-bond donors (Lipinski definition) is 0. The Balaban J connectivity index is 0.000000777. The van der Waals surface area contributed by atoms with E-state index in [0.717, 1.165) is 0 Å². The first-order valence-corrected chi connectivity index (χ1v) is 10.4. The Morgan fingerprint density at radius 3 is 1.32 bits per heavy atom. The van der Waals surface area contributed by atoms with Crippen molar-refractivity contribution in [1.82, 2.24) is 0 Å². The van der Waals surface area contributed by atoms with E-state index in [0.29, 0.717) is 0 Å². The van der Waals surface area contributed by atoms with Crippen molar-refractivity contribution in [3.63, 3.8) is 0 Å². The van der Waals surface area contributed by atoms with Gasteiger partial charge in [-0.05, 0) is 5.56 Å². The van der Waals surface area contributed by atoms with Crippen LogP contribution in [-0.2, 0) is 26.1 Å². The fourth-order valence-electron chi connectivity index (χ4n) is 4.06. The van der Waals surface area contributed by atoms with Crippen molar-refractivity contribution in [2.75, 3.05) is 0 Å². The fourth-order valence-corrected chi connectivity index (χ4v) is 4.06. The summed E-state index contributed by atoms with van der Waals surface area (Å²) in [6.07, 6.45) is 0. The van der Waals surface area contributed by atoms with Crippen LogP contribution in [0, 0.1) is 13.3 Å². The van der Waals surface area contributed by atoms with E-state index < -0.39 is 0 Å². The third kappa shape index (κ3) is 5.76. The van der Waals surface area contributed by atoms with Crippen molar-refractivity contribution in [2.45, 2.75) is 0 Å². The van der Waals surface area contributed by atoms with E-state index in [1.165, 1.54) is 44.5 Å². The van der Waals surface area contributed by atoms with E-state index >= 15 is 0 Å². The predicted molar refractivity (Wildman–Crippen MR) is 132 cm³/mol. The molecule has 0 aromatic heterocycles. The van der Waals surface area contributed by atoms with Gasteiger partial charge in [0.25, 0.3) is 0 Å². The zero-order chi connectivity index (χ0) is 23.5. The van der Waals surface area contributed by atoms with Crippen LogP contribution in [0.2, 0.25) is 0 Å². The van der Waals surface area contributed by atoms with E-state index in [4.69, 9.17) is 9.30 Å². The van der Waals surface area contributed by atoms with Gasteiger partial charge in [0.1, 0.15) is 0 Å². The van der Waals surface area contributed by atoms with E-state index in [1.807, 2.05) is 0 Å². The first-order chi connectivity index (χ1) is 16.4. The molecule has 0 bridgehead atoms. The number of hydrogen-bond acceptors (Lipinski definition) is 0. The normalized spacial score (nSPS) is 9.29.